The molecule has 90 valence electrons. The number of likely N-dealkylation sites (N-methyl/N-ethyl adjacent to an activating group) is 1. The second-order valence-corrected chi connectivity index (χ2v) is 3.94. The number of hydrogen-bond acceptors (Lipinski definition) is 4. The minimum Gasteiger partial charge on any atom is -0.440 e. The summed E-state index contributed by atoms with van der Waals surface area (Å²) in [5.74, 6) is 0.638. The number of cyclic esters (lactones) is 1. The first-order chi connectivity index (χ1) is 8.19. The van der Waals surface area contributed by atoms with E-state index in [1.165, 1.54) is 0 Å². The maximum Gasteiger partial charge on any atom is 0.435 e. The Hall–Kier alpha value is -1.62. The molecule has 5 nitrogen and oxygen atoms in total. The van der Waals surface area contributed by atoms with Crippen LogP contribution in [-0.2, 0) is 11.3 Å². The zero-order valence-corrected chi connectivity index (χ0v) is 10.1. The normalized spacial score (nSPS) is 14.5. The third-order valence-electron chi connectivity index (χ3n) is 2.42. The van der Waals surface area contributed by atoms with Gasteiger partial charge in [-0.3, -0.25) is 0 Å². The number of rotatable bonds is 3. The summed E-state index contributed by atoms with van der Waals surface area (Å²) in [5, 5.41) is 0.458. The van der Waals surface area contributed by atoms with Gasteiger partial charge in [0, 0.05) is 6.54 Å². The zero-order chi connectivity index (χ0) is 12.3. The molecule has 0 fully saturated rings. The maximum atomic E-state index is 10.9. The summed E-state index contributed by atoms with van der Waals surface area (Å²) < 4.78 is 4.78. The van der Waals surface area contributed by atoms with Crippen LogP contribution in [0.4, 0.5) is 4.79 Å². The lowest BCUT2D eigenvalue weighted by molar-refractivity contribution is 0.179. The molecule has 0 atom stereocenters. The molecule has 1 amide bonds. The molecule has 0 saturated heterocycles. The van der Waals surface area contributed by atoms with Gasteiger partial charge in [-0.1, -0.05) is 17.7 Å². The van der Waals surface area contributed by atoms with Crippen molar-refractivity contribution in [2.24, 2.45) is 4.99 Å². The van der Waals surface area contributed by atoms with E-state index in [0.29, 0.717) is 17.5 Å². The third-order valence-corrected chi connectivity index (χ3v) is 2.63. The number of nitrogens with zero attached hydrogens (tertiary/aromatic N) is 3. The summed E-state index contributed by atoms with van der Waals surface area (Å²) in [7, 11) is 0. The highest BCUT2D eigenvalue weighted by Crippen LogP contribution is 2.10. The van der Waals surface area contributed by atoms with Crippen molar-refractivity contribution < 1.29 is 9.53 Å². The molecule has 1 aliphatic heterocycles. The highest BCUT2D eigenvalue weighted by atomic mass is 35.5. The van der Waals surface area contributed by atoms with Gasteiger partial charge in [-0.25, -0.2) is 9.78 Å². The van der Waals surface area contributed by atoms with Crippen molar-refractivity contribution >= 4 is 23.5 Å². The molecule has 0 aliphatic carbocycles. The highest BCUT2D eigenvalue weighted by molar-refractivity contribution is 6.29. The Balaban J connectivity index is 2.10. The number of amidine groups is 1. The van der Waals surface area contributed by atoms with Crippen molar-refractivity contribution in [1.29, 1.82) is 0 Å². The highest BCUT2D eigenvalue weighted by Gasteiger charge is 2.20. The van der Waals surface area contributed by atoms with Gasteiger partial charge in [-0.05, 0) is 19.1 Å². The summed E-state index contributed by atoms with van der Waals surface area (Å²) in [5.41, 5.74) is 0.835. The van der Waals surface area contributed by atoms with Crippen molar-refractivity contribution in [2.75, 3.05) is 13.2 Å². The quantitative estimate of drug-likeness (QED) is 0.774. The SMILES string of the molecule is CCN(Cc1cccc(Cl)n1)C1=NC(=O)OC1. The van der Waals surface area contributed by atoms with Gasteiger partial charge in [0.1, 0.15) is 5.15 Å². The van der Waals surface area contributed by atoms with Crippen LogP contribution in [0.1, 0.15) is 12.6 Å². The monoisotopic (exact) mass is 253 g/mol. The van der Waals surface area contributed by atoms with Gasteiger partial charge < -0.3 is 9.64 Å². The van der Waals surface area contributed by atoms with Gasteiger partial charge >= 0.3 is 6.09 Å². The van der Waals surface area contributed by atoms with Crippen LogP contribution in [0.15, 0.2) is 23.2 Å². The van der Waals surface area contributed by atoms with Gasteiger partial charge in [-0.2, -0.15) is 4.99 Å². The van der Waals surface area contributed by atoms with E-state index >= 15 is 0 Å². The number of halogens is 1. The third kappa shape index (κ3) is 2.94. The van der Waals surface area contributed by atoms with Crippen molar-refractivity contribution in [2.45, 2.75) is 13.5 Å². The van der Waals surface area contributed by atoms with Crippen molar-refractivity contribution in [3.05, 3.63) is 29.0 Å². The minimum absolute atomic E-state index is 0.229. The molecule has 6 heteroatoms. The maximum absolute atomic E-state index is 10.9. The van der Waals surface area contributed by atoms with Gasteiger partial charge in [0.2, 0.25) is 0 Å². The second kappa shape index (κ2) is 5.14. The molecule has 2 heterocycles. The van der Waals surface area contributed by atoms with Crippen LogP contribution in [0.5, 0.6) is 0 Å². The fraction of sp³-hybridized carbons (Fsp3) is 0.364. The van der Waals surface area contributed by atoms with Gasteiger partial charge in [0.25, 0.3) is 0 Å². The first-order valence-electron chi connectivity index (χ1n) is 5.29. The van der Waals surface area contributed by atoms with Crippen molar-refractivity contribution in [1.82, 2.24) is 9.88 Å². The van der Waals surface area contributed by atoms with Crippen LogP contribution in [0.3, 0.4) is 0 Å². The number of pyridine rings is 1. The van der Waals surface area contributed by atoms with Crippen molar-refractivity contribution in [3.63, 3.8) is 0 Å². The molecule has 1 aromatic rings. The lowest BCUT2D eigenvalue weighted by atomic mass is 10.3. The lowest BCUT2D eigenvalue weighted by Gasteiger charge is -2.20. The molecule has 0 unspecified atom stereocenters. The number of carbonyl (C=O) groups is 1. The Kier molecular flexibility index (Phi) is 3.58. The number of carbonyl (C=O) groups excluding carboxylic acids is 1. The minimum atomic E-state index is -0.530. The summed E-state index contributed by atoms with van der Waals surface area (Å²) in [6.45, 7) is 3.50. The summed E-state index contributed by atoms with van der Waals surface area (Å²) in [4.78, 5) is 20.8. The molecule has 2 rings (SSSR count). The van der Waals surface area contributed by atoms with Crippen molar-refractivity contribution in [3.8, 4) is 0 Å². The van der Waals surface area contributed by atoms with Crippen LogP contribution in [-0.4, -0.2) is 35.0 Å². The average Bonchev–Trinajstić information content (AvgIpc) is 2.73. The molecule has 1 aliphatic rings. The second-order valence-electron chi connectivity index (χ2n) is 3.55. The van der Waals surface area contributed by atoms with E-state index in [1.807, 2.05) is 24.0 Å². The lowest BCUT2D eigenvalue weighted by Crippen LogP contribution is -2.31. The molecule has 17 heavy (non-hydrogen) atoms. The van der Waals surface area contributed by atoms with E-state index in [1.54, 1.807) is 6.07 Å². The van der Waals surface area contributed by atoms with Gasteiger partial charge in [0.05, 0.1) is 12.2 Å². The Morgan fingerprint density at radius 1 is 1.53 bits per heavy atom. The topological polar surface area (TPSA) is 54.8 Å². The first-order valence-corrected chi connectivity index (χ1v) is 5.67. The van der Waals surface area contributed by atoms with Crippen LogP contribution in [0.25, 0.3) is 0 Å². The smallest absolute Gasteiger partial charge is 0.435 e. The molecule has 0 saturated carbocycles. The van der Waals surface area contributed by atoms with Crippen LogP contribution >= 0.6 is 11.6 Å². The Labute approximate surface area is 104 Å². The first kappa shape index (κ1) is 11.9. The average molecular weight is 254 g/mol. The number of ether oxygens (including phenoxy) is 1. The van der Waals surface area contributed by atoms with E-state index in [-0.39, 0.29) is 6.61 Å². The number of aliphatic imine (C=N–C) groups is 1. The predicted molar refractivity (Wildman–Crippen MR) is 64.1 cm³/mol. The number of amides is 1. The Morgan fingerprint density at radius 3 is 2.94 bits per heavy atom. The Bertz CT molecular complexity index is 462. The molecule has 0 spiro atoms. The van der Waals surface area contributed by atoms with E-state index in [0.717, 1.165) is 12.2 Å². The van der Waals surface area contributed by atoms with Crippen LogP contribution in [0, 0.1) is 0 Å². The van der Waals surface area contributed by atoms with E-state index in [4.69, 9.17) is 16.3 Å². The van der Waals surface area contributed by atoms with Gasteiger partial charge in [-0.15, -0.1) is 0 Å². The van der Waals surface area contributed by atoms with E-state index in [9.17, 15) is 4.79 Å². The summed E-state index contributed by atoms with van der Waals surface area (Å²) >= 11 is 5.82. The van der Waals surface area contributed by atoms with E-state index in [2.05, 4.69) is 9.98 Å². The Morgan fingerprint density at radius 2 is 2.35 bits per heavy atom. The van der Waals surface area contributed by atoms with E-state index < -0.39 is 6.09 Å². The zero-order valence-electron chi connectivity index (χ0n) is 9.39. The summed E-state index contributed by atoms with van der Waals surface area (Å²) in [6.07, 6.45) is -0.530. The molecule has 0 radical (unpaired) electrons. The molecule has 0 bridgehead atoms. The molecule has 0 N–H and O–H groups in total. The largest absolute Gasteiger partial charge is 0.440 e. The fourth-order valence-corrected chi connectivity index (χ4v) is 1.76. The van der Waals surface area contributed by atoms with Gasteiger partial charge in [0.15, 0.2) is 12.4 Å². The molecular weight excluding hydrogens is 242 g/mol. The number of hydrogen-bond donors (Lipinski definition) is 0. The molecular formula is C11H12ClN3O2. The molecule has 1 aromatic heterocycles. The standard InChI is InChI=1S/C11H12ClN3O2/c1-2-15(10-7-17-11(16)14-10)6-8-4-3-5-9(12)13-8/h3-5H,2,6-7H2,1H3. The molecule has 0 aromatic carbocycles. The van der Waals surface area contributed by atoms with Crippen LogP contribution < -0.4 is 0 Å². The summed E-state index contributed by atoms with van der Waals surface area (Å²) in [6, 6.07) is 5.45. The predicted octanol–water partition coefficient (Wildman–Crippen LogP) is 2.11. The number of aromatic nitrogens is 1. The fourth-order valence-electron chi connectivity index (χ4n) is 1.58. The van der Waals surface area contributed by atoms with Crippen LogP contribution in [0.2, 0.25) is 5.15 Å².